The Morgan fingerprint density at radius 2 is 1.97 bits per heavy atom. The first-order chi connectivity index (χ1) is 13.3. The molecule has 0 aliphatic heterocycles. The van der Waals surface area contributed by atoms with Crippen LogP contribution in [0.15, 0.2) is 35.6 Å². The first-order valence-corrected chi connectivity index (χ1v) is 9.07. The molecule has 0 atom stereocenters. The molecule has 2 N–H and O–H groups in total. The van der Waals surface area contributed by atoms with Gasteiger partial charge in [-0.1, -0.05) is 12.1 Å². The van der Waals surface area contributed by atoms with Crippen molar-refractivity contribution in [3.63, 3.8) is 0 Å². The molecule has 0 unspecified atom stereocenters. The van der Waals surface area contributed by atoms with Gasteiger partial charge in [0, 0.05) is 24.8 Å². The number of nitrogens with zero attached hydrogens (tertiary/aromatic N) is 3. The Hall–Kier alpha value is -1.98. The summed E-state index contributed by atoms with van der Waals surface area (Å²) in [5.41, 5.74) is 2.51. The highest BCUT2D eigenvalue weighted by molar-refractivity contribution is 14.0. The SMILES string of the molecule is CCNC(=NCc1ccc(C)cc1OCC(F)(F)F)NCCn1cc(C)cn1.I. The van der Waals surface area contributed by atoms with Crippen LogP contribution in [-0.4, -0.2) is 41.6 Å². The van der Waals surface area contributed by atoms with Gasteiger partial charge in [0.05, 0.1) is 19.3 Å². The van der Waals surface area contributed by atoms with Gasteiger partial charge in [-0.05, 0) is 38.0 Å². The van der Waals surface area contributed by atoms with Gasteiger partial charge < -0.3 is 15.4 Å². The van der Waals surface area contributed by atoms with Crippen LogP contribution in [0.3, 0.4) is 0 Å². The van der Waals surface area contributed by atoms with E-state index in [4.69, 9.17) is 4.74 Å². The molecule has 2 aromatic rings. The van der Waals surface area contributed by atoms with Crippen LogP contribution in [0, 0.1) is 13.8 Å². The molecule has 1 aromatic heterocycles. The average molecular weight is 525 g/mol. The molecular weight excluding hydrogens is 498 g/mol. The van der Waals surface area contributed by atoms with E-state index in [-0.39, 0.29) is 36.3 Å². The third-order valence-corrected chi connectivity index (χ3v) is 3.76. The molecule has 1 heterocycles. The lowest BCUT2D eigenvalue weighted by atomic mass is 10.1. The quantitative estimate of drug-likeness (QED) is 0.313. The van der Waals surface area contributed by atoms with Crippen LogP contribution in [0.2, 0.25) is 0 Å². The summed E-state index contributed by atoms with van der Waals surface area (Å²) in [4.78, 5) is 4.46. The molecular formula is C19H27F3IN5O. The second kappa shape index (κ2) is 11.9. The van der Waals surface area contributed by atoms with E-state index < -0.39 is 12.8 Å². The Bertz CT molecular complexity index is 792. The first kappa shape index (κ1) is 25.1. The third-order valence-electron chi connectivity index (χ3n) is 3.76. The molecule has 0 fully saturated rings. The van der Waals surface area contributed by atoms with Crippen LogP contribution in [0.4, 0.5) is 13.2 Å². The van der Waals surface area contributed by atoms with E-state index in [0.717, 1.165) is 11.1 Å². The molecule has 0 amide bonds. The maximum atomic E-state index is 12.5. The molecule has 0 aliphatic carbocycles. The minimum absolute atomic E-state index is 0. The Labute approximate surface area is 185 Å². The summed E-state index contributed by atoms with van der Waals surface area (Å²) in [6, 6.07) is 5.16. The van der Waals surface area contributed by atoms with Gasteiger partial charge in [-0.15, -0.1) is 24.0 Å². The number of nitrogens with one attached hydrogen (secondary N) is 2. The summed E-state index contributed by atoms with van der Waals surface area (Å²) >= 11 is 0. The van der Waals surface area contributed by atoms with E-state index in [0.29, 0.717) is 31.2 Å². The summed E-state index contributed by atoms with van der Waals surface area (Å²) in [5, 5.41) is 10.5. The Morgan fingerprint density at radius 1 is 1.21 bits per heavy atom. The van der Waals surface area contributed by atoms with E-state index in [9.17, 15) is 13.2 Å². The number of hydrogen-bond acceptors (Lipinski definition) is 3. The molecule has 0 saturated carbocycles. The molecule has 6 nitrogen and oxygen atoms in total. The van der Waals surface area contributed by atoms with Crippen LogP contribution in [0.5, 0.6) is 5.75 Å². The number of ether oxygens (including phenoxy) is 1. The largest absolute Gasteiger partial charge is 0.484 e. The number of hydrogen-bond donors (Lipinski definition) is 2. The fraction of sp³-hybridized carbons (Fsp3) is 0.474. The van der Waals surface area contributed by atoms with Gasteiger partial charge in [0.25, 0.3) is 0 Å². The Kier molecular flexibility index (Phi) is 10.3. The molecule has 2 rings (SSSR count). The first-order valence-electron chi connectivity index (χ1n) is 9.07. The van der Waals surface area contributed by atoms with Gasteiger partial charge in [-0.25, -0.2) is 4.99 Å². The van der Waals surface area contributed by atoms with Gasteiger partial charge in [0.2, 0.25) is 0 Å². The van der Waals surface area contributed by atoms with Crippen LogP contribution >= 0.6 is 24.0 Å². The number of aryl methyl sites for hydroxylation is 2. The maximum absolute atomic E-state index is 12.5. The standard InChI is InChI=1S/C19H26F3N5O.HI/c1-4-23-18(24-7-8-27-12-15(3)10-26-27)25-11-16-6-5-14(2)9-17(16)28-13-19(20,21)22;/h5-6,9-10,12H,4,7-8,11,13H2,1-3H3,(H2,23,24,25);1H. The minimum Gasteiger partial charge on any atom is -0.484 e. The monoisotopic (exact) mass is 525 g/mol. The van der Waals surface area contributed by atoms with Gasteiger partial charge in [0.15, 0.2) is 12.6 Å². The maximum Gasteiger partial charge on any atom is 0.422 e. The zero-order valence-corrected chi connectivity index (χ0v) is 19.0. The molecule has 0 bridgehead atoms. The van der Waals surface area contributed by atoms with Crippen LogP contribution < -0.4 is 15.4 Å². The minimum atomic E-state index is -4.38. The summed E-state index contributed by atoms with van der Waals surface area (Å²) in [5.74, 6) is 0.776. The van der Waals surface area contributed by atoms with E-state index in [2.05, 4.69) is 20.7 Å². The molecule has 0 spiro atoms. The Balaban J connectivity index is 0.00000420. The number of benzene rings is 1. The van der Waals surface area contributed by atoms with Crippen molar-refractivity contribution in [2.75, 3.05) is 19.7 Å². The second-order valence-corrected chi connectivity index (χ2v) is 6.42. The molecule has 0 radical (unpaired) electrons. The average Bonchev–Trinajstić information content (AvgIpc) is 3.03. The highest BCUT2D eigenvalue weighted by Crippen LogP contribution is 2.24. The van der Waals surface area contributed by atoms with Gasteiger partial charge >= 0.3 is 6.18 Å². The normalized spacial score (nSPS) is 11.7. The van der Waals surface area contributed by atoms with E-state index in [1.54, 1.807) is 25.3 Å². The highest BCUT2D eigenvalue weighted by atomic mass is 127. The van der Waals surface area contributed by atoms with Crippen molar-refractivity contribution in [1.82, 2.24) is 20.4 Å². The van der Waals surface area contributed by atoms with Crippen LogP contribution in [0.25, 0.3) is 0 Å². The number of aromatic nitrogens is 2. The van der Waals surface area contributed by atoms with Crippen LogP contribution in [0.1, 0.15) is 23.6 Å². The zero-order chi connectivity index (χ0) is 20.6. The number of halogens is 4. The molecule has 29 heavy (non-hydrogen) atoms. The smallest absolute Gasteiger partial charge is 0.422 e. The second-order valence-electron chi connectivity index (χ2n) is 6.42. The van der Waals surface area contributed by atoms with Gasteiger partial charge in [-0.2, -0.15) is 18.3 Å². The fourth-order valence-corrected chi connectivity index (χ4v) is 2.47. The highest BCUT2D eigenvalue weighted by Gasteiger charge is 2.28. The Morgan fingerprint density at radius 3 is 2.59 bits per heavy atom. The predicted octanol–water partition coefficient (Wildman–Crippen LogP) is 3.81. The molecule has 1 aromatic carbocycles. The number of rotatable bonds is 8. The fourth-order valence-electron chi connectivity index (χ4n) is 2.47. The summed E-state index contributed by atoms with van der Waals surface area (Å²) < 4.78 is 44.3. The van der Waals surface area contributed by atoms with Crippen LogP contribution in [-0.2, 0) is 13.1 Å². The lowest BCUT2D eigenvalue weighted by Gasteiger charge is -2.14. The predicted molar refractivity (Wildman–Crippen MR) is 118 cm³/mol. The third kappa shape index (κ3) is 9.37. The van der Waals surface area contributed by atoms with Crippen molar-refractivity contribution in [2.24, 2.45) is 4.99 Å². The summed E-state index contributed by atoms with van der Waals surface area (Å²) in [7, 11) is 0. The molecule has 162 valence electrons. The summed E-state index contributed by atoms with van der Waals surface area (Å²) in [6.07, 6.45) is -0.646. The number of alkyl halides is 3. The van der Waals surface area contributed by atoms with E-state index >= 15 is 0 Å². The summed E-state index contributed by atoms with van der Waals surface area (Å²) in [6.45, 7) is 6.54. The topological polar surface area (TPSA) is 63.5 Å². The van der Waals surface area contributed by atoms with Crippen molar-refractivity contribution in [2.45, 2.75) is 40.0 Å². The molecule has 10 heteroatoms. The lowest BCUT2D eigenvalue weighted by Crippen LogP contribution is -2.38. The van der Waals surface area contributed by atoms with Crippen molar-refractivity contribution < 1.29 is 17.9 Å². The lowest BCUT2D eigenvalue weighted by molar-refractivity contribution is -0.153. The number of guanidine groups is 1. The van der Waals surface area contributed by atoms with E-state index in [1.165, 1.54) is 0 Å². The molecule has 0 aliphatic rings. The van der Waals surface area contributed by atoms with Crippen molar-refractivity contribution in [3.8, 4) is 5.75 Å². The van der Waals surface area contributed by atoms with Gasteiger partial charge in [0.1, 0.15) is 5.75 Å². The molecule has 0 saturated heterocycles. The van der Waals surface area contributed by atoms with Crippen molar-refractivity contribution in [1.29, 1.82) is 0 Å². The number of aliphatic imine (C=N–C) groups is 1. The van der Waals surface area contributed by atoms with Crippen molar-refractivity contribution in [3.05, 3.63) is 47.3 Å². The van der Waals surface area contributed by atoms with Crippen molar-refractivity contribution >= 4 is 29.9 Å². The zero-order valence-electron chi connectivity index (χ0n) is 16.7. The van der Waals surface area contributed by atoms with Gasteiger partial charge in [-0.3, -0.25) is 4.68 Å². The van der Waals surface area contributed by atoms with E-state index in [1.807, 2.05) is 30.8 Å².